The van der Waals surface area contributed by atoms with Crippen LogP contribution in [0.3, 0.4) is 0 Å². The summed E-state index contributed by atoms with van der Waals surface area (Å²) in [4.78, 5) is 36.8. The number of aromatic nitrogens is 2. The Kier molecular flexibility index (Phi) is 12.3. The number of nitrogens with one attached hydrogen (secondary N) is 2. The van der Waals surface area contributed by atoms with E-state index in [4.69, 9.17) is 10.7 Å². The summed E-state index contributed by atoms with van der Waals surface area (Å²) < 4.78 is 1.74. The van der Waals surface area contributed by atoms with Crippen LogP contribution in [0, 0.1) is 0 Å². The van der Waals surface area contributed by atoms with E-state index in [-0.39, 0.29) is 5.91 Å². The molecule has 224 valence electrons. The number of nitrogens with zero attached hydrogens (tertiary/aromatic N) is 4. The van der Waals surface area contributed by atoms with Gasteiger partial charge < -0.3 is 25.8 Å². The standard InChI is InChI=1S/C33H45N7O2/c1-6-8-19-35-30(36-20-9-7-2)18-21-37-33(42)29-22-25(23-40(29)5)31-28(32(34)41)17-14-26(38-31)13-10-24-11-15-27(16-12-24)39(3)4/h10-17,22-23H,6-9,18-21H2,1-5H3,(H2,34,41)(H,35,36)(H,37,42)/b13-10+. The van der Waals surface area contributed by atoms with Crippen LogP contribution in [0.1, 0.15) is 78.1 Å². The normalized spacial score (nSPS) is 11.6. The molecule has 2 heterocycles. The Labute approximate surface area is 249 Å². The van der Waals surface area contributed by atoms with Gasteiger partial charge in [-0.1, -0.05) is 44.9 Å². The zero-order valence-corrected chi connectivity index (χ0v) is 25.6. The molecule has 0 bridgehead atoms. The van der Waals surface area contributed by atoms with Crippen molar-refractivity contribution in [2.24, 2.45) is 17.8 Å². The molecule has 0 aliphatic carbocycles. The fourth-order valence-corrected chi connectivity index (χ4v) is 4.36. The Morgan fingerprint density at radius 2 is 1.74 bits per heavy atom. The van der Waals surface area contributed by atoms with Crippen LogP contribution in [0.2, 0.25) is 0 Å². The molecule has 42 heavy (non-hydrogen) atoms. The topological polar surface area (TPSA) is 118 Å². The van der Waals surface area contributed by atoms with Crippen LogP contribution in [0.5, 0.6) is 0 Å². The van der Waals surface area contributed by atoms with Crippen molar-refractivity contribution in [1.29, 1.82) is 0 Å². The predicted octanol–water partition coefficient (Wildman–Crippen LogP) is 5.13. The predicted molar refractivity (Wildman–Crippen MR) is 174 cm³/mol. The number of rotatable bonds is 15. The zero-order chi connectivity index (χ0) is 30.5. The maximum atomic E-state index is 13.1. The number of unbranched alkanes of at least 4 members (excludes halogenated alkanes) is 2. The molecule has 2 aromatic heterocycles. The van der Waals surface area contributed by atoms with Gasteiger partial charge in [0, 0.05) is 64.6 Å². The number of aliphatic imine (C=N–C) groups is 1. The minimum absolute atomic E-state index is 0.205. The Balaban J connectivity index is 1.75. The first kappa shape index (κ1) is 32.1. The number of carbonyl (C=O) groups is 2. The summed E-state index contributed by atoms with van der Waals surface area (Å²) in [7, 11) is 5.80. The van der Waals surface area contributed by atoms with E-state index in [9.17, 15) is 9.59 Å². The first-order valence-electron chi connectivity index (χ1n) is 14.7. The largest absolute Gasteiger partial charge is 0.378 e. The van der Waals surface area contributed by atoms with Crippen molar-refractivity contribution in [2.75, 3.05) is 38.6 Å². The third-order valence-corrected chi connectivity index (χ3v) is 6.87. The van der Waals surface area contributed by atoms with Crippen molar-refractivity contribution in [3.8, 4) is 11.3 Å². The quantitative estimate of drug-likeness (QED) is 0.133. The monoisotopic (exact) mass is 571 g/mol. The van der Waals surface area contributed by atoms with E-state index in [2.05, 4.69) is 29.5 Å². The molecular weight excluding hydrogens is 526 g/mol. The summed E-state index contributed by atoms with van der Waals surface area (Å²) in [5, 5.41) is 6.42. The fraction of sp³-hybridized carbons (Fsp3) is 0.394. The maximum absolute atomic E-state index is 13.1. The smallest absolute Gasteiger partial charge is 0.267 e. The molecule has 0 saturated carbocycles. The second-order valence-corrected chi connectivity index (χ2v) is 10.5. The van der Waals surface area contributed by atoms with Gasteiger partial charge in [0.05, 0.1) is 22.8 Å². The second-order valence-electron chi connectivity index (χ2n) is 10.5. The molecule has 1 aromatic carbocycles. The van der Waals surface area contributed by atoms with E-state index < -0.39 is 5.91 Å². The van der Waals surface area contributed by atoms with Gasteiger partial charge in [-0.05, 0) is 54.8 Å². The molecule has 9 heteroatoms. The maximum Gasteiger partial charge on any atom is 0.267 e. The molecule has 0 fully saturated rings. The Morgan fingerprint density at radius 1 is 1.00 bits per heavy atom. The van der Waals surface area contributed by atoms with Crippen molar-refractivity contribution in [1.82, 2.24) is 20.2 Å². The minimum Gasteiger partial charge on any atom is -0.378 e. The summed E-state index contributed by atoms with van der Waals surface area (Å²) in [6.45, 7) is 6.43. The van der Waals surface area contributed by atoms with Gasteiger partial charge in [-0.25, -0.2) is 4.98 Å². The van der Waals surface area contributed by atoms with E-state index in [0.717, 1.165) is 55.9 Å². The molecule has 0 aliphatic rings. The number of anilines is 1. The van der Waals surface area contributed by atoms with Crippen molar-refractivity contribution in [3.05, 3.63) is 71.2 Å². The summed E-state index contributed by atoms with van der Waals surface area (Å²) in [6.07, 6.45) is 10.6. The van der Waals surface area contributed by atoms with Gasteiger partial charge >= 0.3 is 0 Å². The van der Waals surface area contributed by atoms with Gasteiger partial charge in [-0.3, -0.25) is 14.6 Å². The lowest BCUT2D eigenvalue weighted by atomic mass is 10.1. The number of amides is 2. The van der Waals surface area contributed by atoms with Crippen LogP contribution in [-0.4, -0.2) is 60.9 Å². The Morgan fingerprint density at radius 3 is 2.40 bits per heavy atom. The molecule has 4 N–H and O–H groups in total. The SMILES string of the molecule is CCCC/N=C(\CCNC(=O)c1cc(-c2nc(/C=C/c3ccc(N(C)C)cc3)ccc2C(N)=O)cn1C)NCCCC. The molecule has 0 radical (unpaired) electrons. The Hall–Kier alpha value is -4.40. The average molecular weight is 572 g/mol. The molecule has 0 unspecified atom stereocenters. The number of carbonyl (C=O) groups excluding carboxylic acids is 2. The number of hydrogen-bond donors (Lipinski definition) is 3. The van der Waals surface area contributed by atoms with Gasteiger partial charge in [0.15, 0.2) is 0 Å². The molecule has 0 atom stereocenters. The highest BCUT2D eigenvalue weighted by Crippen LogP contribution is 2.25. The summed E-state index contributed by atoms with van der Waals surface area (Å²) in [5.74, 6) is 0.147. The number of hydrogen-bond acceptors (Lipinski definition) is 5. The molecular formula is C33H45N7O2. The van der Waals surface area contributed by atoms with Crippen LogP contribution in [-0.2, 0) is 7.05 Å². The lowest BCUT2D eigenvalue weighted by Crippen LogP contribution is -2.32. The van der Waals surface area contributed by atoms with Gasteiger partial charge in [0.25, 0.3) is 11.8 Å². The highest BCUT2D eigenvalue weighted by Gasteiger charge is 2.18. The van der Waals surface area contributed by atoms with Gasteiger partial charge in [-0.15, -0.1) is 0 Å². The van der Waals surface area contributed by atoms with Gasteiger partial charge in [0.2, 0.25) is 0 Å². The van der Waals surface area contributed by atoms with Crippen LogP contribution >= 0.6 is 0 Å². The van der Waals surface area contributed by atoms with E-state index in [1.54, 1.807) is 36.0 Å². The van der Waals surface area contributed by atoms with Crippen molar-refractivity contribution >= 4 is 35.5 Å². The zero-order valence-electron chi connectivity index (χ0n) is 25.6. The summed E-state index contributed by atoms with van der Waals surface area (Å²) >= 11 is 0. The van der Waals surface area contributed by atoms with Crippen LogP contribution in [0.15, 0.2) is 53.7 Å². The first-order chi connectivity index (χ1) is 20.2. The molecule has 3 rings (SSSR count). The number of aryl methyl sites for hydroxylation is 1. The van der Waals surface area contributed by atoms with E-state index in [1.165, 1.54) is 0 Å². The lowest BCUT2D eigenvalue weighted by Gasteiger charge is -2.11. The van der Waals surface area contributed by atoms with Crippen molar-refractivity contribution < 1.29 is 9.59 Å². The molecule has 2 amide bonds. The molecule has 9 nitrogen and oxygen atoms in total. The van der Waals surface area contributed by atoms with Crippen LogP contribution in [0.25, 0.3) is 23.4 Å². The van der Waals surface area contributed by atoms with Crippen LogP contribution in [0.4, 0.5) is 5.69 Å². The lowest BCUT2D eigenvalue weighted by molar-refractivity contribution is 0.0945. The molecule has 3 aromatic rings. The second kappa shape index (κ2) is 16.1. The van der Waals surface area contributed by atoms with E-state index in [1.807, 2.05) is 55.4 Å². The first-order valence-corrected chi connectivity index (χ1v) is 14.7. The van der Waals surface area contributed by atoms with Gasteiger partial charge in [0.1, 0.15) is 5.69 Å². The summed E-state index contributed by atoms with van der Waals surface area (Å²) in [6, 6.07) is 13.4. The third-order valence-electron chi connectivity index (χ3n) is 6.87. The van der Waals surface area contributed by atoms with Crippen LogP contribution < -0.4 is 21.3 Å². The molecule has 0 aliphatic heterocycles. The fourth-order valence-electron chi connectivity index (χ4n) is 4.36. The summed E-state index contributed by atoms with van der Waals surface area (Å²) in [5.41, 5.74) is 10.3. The number of nitrogens with two attached hydrogens (primary N) is 1. The number of amidine groups is 1. The van der Waals surface area contributed by atoms with Gasteiger partial charge in [-0.2, -0.15) is 0 Å². The van der Waals surface area contributed by atoms with Crippen molar-refractivity contribution in [2.45, 2.75) is 46.0 Å². The van der Waals surface area contributed by atoms with E-state index >= 15 is 0 Å². The third kappa shape index (κ3) is 9.33. The average Bonchev–Trinajstić information content (AvgIpc) is 3.37. The molecule has 0 saturated heterocycles. The highest BCUT2D eigenvalue weighted by atomic mass is 16.2. The minimum atomic E-state index is -0.576. The molecule has 0 spiro atoms. The van der Waals surface area contributed by atoms with E-state index in [0.29, 0.717) is 41.2 Å². The number of benzene rings is 1. The Bertz CT molecular complexity index is 1390. The number of primary amides is 1. The highest BCUT2D eigenvalue weighted by molar-refractivity contribution is 6.00. The number of pyridine rings is 1. The van der Waals surface area contributed by atoms with Crippen molar-refractivity contribution in [3.63, 3.8) is 0 Å².